The highest BCUT2D eigenvalue weighted by atomic mass is 32.1. The Balaban J connectivity index is 0.848. The van der Waals surface area contributed by atoms with E-state index < -0.39 is 41.7 Å². The average Bonchev–Trinajstić information content (AvgIpc) is 3.61. The number of ether oxygens (including phenoxy) is 2. The van der Waals surface area contributed by atoms with Crippen LogP contribution in [0.15, 0.2) is 133 Å². The first-order chi connectivity index (χ1) is 36.7. The topological polar surface area (TPSA) is 185 Å². The number of aliphatic carboxylic acids is 1. The summed E-state index contributed by atoms with van der Waals surface area (Å²) in [6.45, 7) is 10.6. The number of hydrogen-bond acceptors (Lipinski definition) is 12. The largest absolute Gasteiger partial charge is 0.481 e. The van der Waals surface area contributed by atoms with E-state index in [9.17, 15) is 29.4 Å². The molecule has 2 unspecified atom stereocenters. The lowest BCUT2D eigenvalue weighted by molar-refractivity contribution is -0.140. The number of imidazole rings is 1. The van der Waals surface area contributed by atoms with Crippen molar-refractivity contribution in [1.29, 1.82) is 0 Å². The number of likely N-dealkylation sites (N-methyl/N-ethyl adjacent to an activating group) is 1. The molecule has 9 aromatic rings. The summed E-state index contributed by atoms with van der Waals surface area (Å²) in [5.41, 5.74) is 9.79. The Labute approximate surface area is 450 Å². The van der Waals surface area contributed by atoms with E-state index in [-0.39, 0.29) is 0 Å². The summed E-state index contributed by atoms with van der Waals surface area (Å²) in [6, 6.07) is 43.0. The standard InChI is InChI=1S/C59H52N6O8S3/c1-5-64-27-28-65-50(32-64)60-52(41-17-13-38(14-18-41)39-19-22-43(23-20-39)59(25-26-59)56(68)69)54(65)62-58(71)73-35(4)37-11-15-40(16-12-37)45-29-42(46-30-47-48(74-46)31-49(75-47)55(66)67)21-24-44(45)53-51(33(2)63-76-53)61-57(70)72-34(3)36-9-7-6-8-10-36/h6-24,29-31,34-35H,5,25-28,32H2,1-4H3,(H,61,70)(H,62,71)(H,66,67)(H,68,69). The zero-order chi connectivity index (χ0) is 52.8. The number of carboxylic acids is 2. The molecule has 5 heterocycles. The predicted molar refractivity (Wildman–Crippen MR) is 299 cm³/mol. The molecule has 384 valence electrons. The number of aryl methyl sites for hydroxylation is 1. The molecule has 17 heteroatoms. The molecule has 5 aromatic carbocycles. The second-order valence-corrected chi connectivity index (χ2v) is 22.1. The first kappa shape index (κ1) is 50.2. The quantitative estimate of drug-likeness (QED) is 0.0766. The van der Waals surface area contributed by atoms with Crippen molar-refractivity contribution in [3.8, 4) is 54.4 Å². The van der Waals surface area contributed by atoms with Crippen molar-refractivity contribution in [2.75, 3.05) is 23.7 Å². The third-order valence-electron chi connectivity index (χ3n) is 14.4. The molecule has 2 aliphatic rings. The number of thiophene rings is 2. The number of nitrogens with zero attached hydrogens (tertiary/aromatic N) is 4. The van der Waals surface area contributed by atoms with Crippen LogP contribution in [0.3, 0.4) is 0 Å². The van der Waals surface area contributed by atoms with Gasteiger partial charge in [-0.15, -0.1) is 22.7 Å². The van der Waals surface area contributed by atoms with Gasteiger partial charge in [-0.2, -0.15) is 4.37 Å². The van der Waals surface area contributed by atoms with Gasteiger partial charge in [0.15, 0.2) is 0 Å². The summed E-state index contributed by atoms with van der Waals surface area (Å²) < 4.78 is 20.4. The number of rotatable bonds is 15. The van der Waals surface area contributed by atoms with E-state index in [1.54, 1.807) is 6.07 Å². The molecule has 0 bridgehead atoms. The van der Waals surface area contributed by atoms with Gasteiger partial charge < -0.3 is 24.3 Å². The van der Waals surface area contributed by atoms with Crippen LogP contribution in [-0.2, 0) is 32.8 Å². The Morgan fingerprint density at radius 3 is 1.96 bits per heavy atom. The molecular weight excluding hydrogens is 1020 g/mol. The molecular formula is C59H52N6O8S3. The van der Waals surface area contributed by atoms with Gasteiger partial charge in [-0.3, -0.25) is 20.3 Å². The molecule has 4 N–H and O–H groups in total. The summed E-state index contributed by atoms with van der Waals surface area (Å²) >= 11 is 4.05. The van der Waals surface area contributed by atoms with Crippen molar-refractivity contribution in [3.63, 3.8) is 0 Å². The third kappa shape index (κ3) is 9.89. The molecule has 14 nitrogen and oxygen atoms in total. The number of carboxylic acid groups (broad SMARTS) is 2. The van der Waals surface area contributed by atoms with Crippen molar-refractivity contribution in [1.82, 2.24) is 18.8 Å². The molecule has 0 saturated heterocycles. The number of aromatic carboxylic acids is 1. The van der Waals surface area contributed by atoms with Gasteiger partial charge in [0.2, 0.25) is 0 Å². The lowest BCUT2D eigenvalue weighted by Gasteiger charge is -2.27. The fourth-order valence-corrected chi connectivity index (χ4v) is 12.9. The monoisotopic (exact) mass is 1070 g/mol. The number of hydrogen-bond donors (Lipinski definition) is 4. The molecule has 76 heavy (non-hydrogen) atoms. The van der Waals surface area contributed by atoms with Crippen molar-refractivity contribution in [3.05, 3.63) is 167 Å². The highest BCUT2D eigenvalue weighted by Gasteiger charge is 2.51. The van der Waals surface area contributed by atoms with Crippen LogP contribution in [0.4, 0.5) is 21.1 Å². The number of carbonyl (C=O) groups is 4. The van der Waals surface area contributed by atoms with Crippen molar-refractivity contribution >= 4 is 79.2 Å². The smallest absolute Gasteiger partial charge is 0.413 e. The SMILES string of the molecule is CCN1CCn2c(nc(-c3ccc(-c4ccc(C5(C(=O)O)CC5)cc4)cc3)c2NC(=O)OC(C)c2ccc(-c3cc(-c4cc5sc(C(=O)O)cc5s4)ccc3-c3snc(C)c3NC(=O)OC(C)c3ccccc3)cc2)C1. The number of amides is 2. The lowest BCUT2D eigenvalue weighted by Crippen LogP contribution is -2.34. The third-order valence-corrected chi connectivity index (χ3v) is 17.7. The number of benzene rings is 5. The van der Waals surface area contributed by atoms with Gasteiger partial charge in [0.05, 0.1) is 28.2 Å². The van der Waals surface area contributed by atoms with Crippen molar-refractivity contribution < 1.29 is 38.9 Å². The average molecular weight is 1070 g/mol. The van der Waals surface area contributed by atoms with Gasteiger partial charge >= 0.3 is 24.1 Å². The zero-order valence-electron chi connectivity index (χ0n) is 42.0. The molecule has 1 fully saturated rings. The van der Waals surface area contributed by atoms with Gasteiger partial charge in [0.25, 0.3) is 0 Å². The maximum Gasteiger partial charge on any atom is 0.413 e. The number of nitrogens with one attached hydrogen (secondary N) is 2. The molecule has 2 atom stereocenters. The van der Waals surface area contributed by atoms with E-state index >= 15 is 0 Å². The Hall–Kier alpha value is -7.96. The second kappa shape index (κ2) is 20.6. The van der Waals surface area contributed by atoms with Crippen LogP contribution < -0.4 is 10.6 Å². The highest BCUT2D eigenvalue weighted by molar-refractivity contribution is 7.30. The van der Waals surface area contributed by atoms with Crippen LogP contribution >= 0.6 is 34.2 Å². The van der Waals surface area contributed by atoms with Crippen LogP contribution in [-0.4, -0.2) is 66.3 Å². The summed E-state index contributed by atoms with van der Waals surface area (Å²) in [7, 11) is 0. The van der Waals surface area contributed by atoms with Gasteiger partial charge in [0, 0.05) is 38.5 Å². The van der Waals surface area contributed by atoms with E-state index in [1.807, 2.05) is 142 Å². The predicted octanol–water partition coefficient (Wildman–Crippen LogP) is 14.5. The van der Waals surface area contributed by atoms with Crippen LogP contribution in [0.1, 0.15) is 83.7 Å². The van der Waals surface area contributed by atoms with E-state index in [2.05, 4.69) is 37.5 Å². The molecule has 1 saturated carbocycles. The van der Waals surface area contributed by atoms with Crippen LogP contribution in [0.25, 0.3) is 63.8 Å². The number of carbonyl (C=O) groups excluding carboxylic acids is 2. The fourth-order valence-electron chi connectivity index (χ4n) is 9.82. The van der Waals surface area contributed by atoms with Crippen molar-refractivity contribution in [2.24, 2.45) is 0 Å². The first-order valence-electron chi connectivity index (χ1n) is 25.0. The maximum atomic E-state index is 14.0. The Kier molecular flexibility index (Phi) is 13.6. The summed E-state index contributed by atoms with van der Waals surface area (Å²) in [6.07, 6.45) is -1.05. The minimum Gasteiger partial charge on any atom is -0.481 e. The van der Waals surface area contributed by atoms with Gasteiger partial charge in [-0.25, -0.2) is 19.4 Å². The number of anilines is 2. The number of aromatic nitrogens is 3. The van der Waals surface area contributed by atoms with Crippen LogP contribution in [0.2, 0.25) is 0 Å². The lowest BCUT2D eigenvalue weighted by atomic mass is 9.93. The first-order valence-corrected chi connectivity index (χ1v) is 27.4. The second-order valence-electron chi connectivity index (χ2n) is 19.2. The maximum absolute atomic E-state index is 14.0. The molecule has 11 rings (SSSR count). The number of fused-ring (bicyclic) bond motifs is 2. The normalized spacial score (nSPS) is 14.6. The van der Waals surface area contributed by atoms with Crippen LogP contribution in [0.5, 0.6) is 0 Å². The van der Waals surface area contributed by atoms with Crippen LogP contribution in [0, 0.1) is 6.92 Å². The van der Waals surface area contributed by atoms with Gasteiger partial charge in [-0.1, -0.05) is 122 Å². The molecule has 1 aliphatic heterocycles. The minimum absolute atomic E-state index is 0.292. The Morgan fingerprint density at radius 2 is 1.32 bits per heavy atom. The minimum atomic E-state index is -0.950. The molecule has 0 spiro atoms. The van der Waals surface area contributed by atoms with E-state index in [0.717, 1.165) is 93.7 Å². The van der Waals surface area contributed by atoms with Gasteiger partial charge in [0.1, 0.15) is 34.4 Å². The van der Waals surface area contributed by atoms with E-state index in [0.29, 0.717) is 53.7 Å². The summed E-state index contributed by atoms with van der Waals surface area (Å²) in [5, 5.41) is 25.5. The van der Waals surface area contributed by atoms with Gasteiger partial charge in [-0.05, 0) is 114 Å². The summed E-state index contributed by atoms with van der Waals surface area (Å²) in [4.78, 5) is 60.5. The molecule has 4 aromatic heterocycles. The molecule has 0 radical (unpaired) electrons. The summed E-state index contributed by atoms with van der Waals surface area (Å²) in [5.74, 6) is -0.322. The van der Waals surface area contributed by atoms with E-state index in [4.69, 9.17) is 14.5 Å². The zero-order valence-corrected chi connectivity index (χ0v) is 44.4. The van der Waals surface area contributed by atoms with E-state index in [1.165, 1.54) is 34.2 Å². The molecule has 1 aliphatic carbocycles. The highest BCUT2D eigenvalue weighted by Crippen LogP contribution is 2.49. The van der Waals surface area contributed by atoms with Crippen molar-refractivity contribution in [2.45, 2.75) is 71.2 Å². The Bertz CT molecular complexity index is 3640. The molecule has 2 amide bonds. The Morgan fingerprint density at radius 1 is 0.697 bits per heavy atom. The fraction of sp³-hybridized carbons (Fsp3) is 0.220.